The fraction of sp³-hybridized carbons (Fsp3) is 0.524. The minimum atomic E-state index is -1.55. The van der Waals surface area contributed by atoms with Gasteiger partial charge in [0.2, 0.25) is 0 Å². The van der Waals surface area contributed by atoms with Crippen LogP contribution in [0.25, 0.3) is 0 Å². The van der Waals surface area contributed by atoms with Gasteiger partial charge in [-0.25, -0.2) is 0 Å². The maximum atomic E-state index is 12.8. The van der Waals surface area contributed by atoms with E-state index >= 15 is 0 Å². The first-order valence-corrected chi connectivity index (χ1v) is 10.8. The molecule has 0 aliphatic heterocycles. The van der Waals surface area contributed by atoms with Crippen LogP contribution in [0.3, 0.4) is 0 Å². The highest BCUT2D eigenvalue weighted by Crippen LogP contribution is 2.36. The number of hydrogen-bond donors (Lipinski definition) is 0. The molecule has 0 saturated carbocycles. The normalized spacial score (nSPS) is 10.8. The molecule has 166 valence electrons. The van der Waals surface area contributed by atoms with Crippen LogP contribution in [0.2, 0.25) is 0 Å². The molecule has 0 aliphatic carbocycles. The van der Waals surface area contributed by atoms with Gasteiger partial charge in [0.25, 0.3) is 0 Å². The largest absolute Gasteiger partial charge is 0.465 e. The number of halogens is 1. The first-order chi connectivity index (χ1) is 14.3. The lowest BCUT2D eigenvalue weighted by Crippen LogP contribution is -2.43. The number of benzene rings is 1. The Morgan fingerprint density at radius 2 is 0.967 bits per heavy atom. The molecule has 0 N–H and O–H groups in total. The maximum Gasteiger partial charge on any atom is 0.320 e. The smallest absolute Gasteiger partial charge is 0.320 e. The molecule has 0 heterocycles. The molecule has 0 bridgehead atoms. The van der Waals surface area contributed by atoms with E-state index in [1.807, 2.05) is 0 Å². The van der Waals surface area contributed by atoms with E-state index in [0.29, 0.717) is 5.56 Å². The number of carbonyl (C=O) groups excluding carboxylic acids is 4. The molecule has 0 spiro atoms. The molecule has 1 aromatic rings. The lowest BCUT2D eigenvalue weighted by Gasteiger charge is -2.29. The SMILES string of the molecule is CCOC(=O)C(C(=O)OCC)C(c1ccc(I)cc1)C(C(=O)OCC)C(=O)OCC. The Kier molecular flexibility index (Phi) is 11.4. The molecule has 0 aliphatic rings. The zero-order chi connectivity index (χ0) is 22.7. The van der Waals surface area contributed by atoms with E-state index in [0.717, 1.165) is 3.57 Å². The zero-order valence-electron chi connectivity index (χ0n) is 17.5. The second-order valence-electron chi connectivity index (χ2n) is 6.04. The minimum Gasteiger partial charge on any atom is -0.465 e. The van der Waals surface area contributed by atoms with Crippen molar-refractivity contribution in [3.05, 3.63) is 33.4 Å². The number of rotatable bonds is 11. The van der Waals surface area contributed by atoms with Gasteiger partial charge in [0, 0.05) is 9.49 Å². The van der Waals surface area contributed by atoms with Crippen LogP contribution in [0.15, 0.2) is 24.3 Å². The van der Waals surface area contributed by atoms with E-state index in [1.165, 1.54) is 0 Å². The predicted octanol–water partition coefficient (Wildman–Crippen LogP) is 2.86. The fourth-order valence-corrected chi connectivity index (χ4v) is 3.33. The van der Waals surface area contributed by atoms with Crippen LogP contribution in [-0.2, 0) is 38.1 Å². The second-order valence-corrected chi connectivity index (χ2v) is 7.29. The average molecular weight is 534 g/mol. The molecule has 0 unspecified atom stereocenters. The highest BCUT2D eigenvalue weighted by atomic mass is 127. The van der Waals surface area contributed by atoms with Crippen molar-refractivity contribution in [1.29, 1.82) is 0 Å². The van der Waals surface area contributed by atoms with E-state index in [1.54, 1.807) is 52.0 Å². The van der Waals surface area contributed by atoms with Crippen molar-refractivity contribution < 1.29 is 38.1 Å². The summed E-state index contributed by atoms with van der Waals surface area (Å²) in [5, 5.41) is 0. The van der Waals surface area contributed by atoms with Crippen molar-refractivity contribution in [3.8, 4) is 0 Å². The zero-order valence-corrected chi connectivity index (χ0v) is 19.7. The third-order valence-electron chi connectivity index (χ3n) is 4.14. The lowest BCUT2D eigenvalue weighted by molar-refractivity contribution is -0.169. The third kappa shape index (κ3) is 6.96. The number of ether oxygens (including phenoxy) is 4. The van der Waals surface area contributed by atoms with Gasteiger partial charge in [0.15, 0.2) is 11.8 Å². The Morgan fingerprint density at radius 1 is 0.667 bits per heavy atom. The van der Waals surface area contributed by atoms with Gasteiger partial charge in [0.1, 0.15) is 0 Å². The highest BCUT2D eigenvalue weighted by Gasteiger charge is 2.49. The minimum absolute atomic E-state index is 0.0115. The molecule has 30 heavy (non-hydrogen) atoms. The van der Waals surface area contributed by atoms with Crippen molar-refractivity contribution in [1.82, 2.24) is 0 Å². The maximum absolute atomic E-state index is 12.8. The van der Waals surface area contributed by atoms with Crippen LogP contribution in [0.1, 0.15) is 39.2 Å². The number of carbonyl (C=O) groups is 4. The first-order valence-electron chi connectivity index (χ1n) is 9.74. The molecule has 0 radical (unpaired) electrons. The Labute approximate surface area is 189 Å². The summed E-state index contributed by atoms with van der Waals surface area (Å²) in [6.07, 6.45) is 0. The summed E-state index contributed by atoms with van der Waals surface area (Å²) in [4.78, 5) is 51.1. The summed E-state index contributed by atoms with van der Waals surface area (Å²) in [5.74, 6) is -7.89. The molecule has 1 aromatic carbocycles. The van der Waals surface area contributed by atoms with Gasteiger partial charge in [-0.2, -0.15) is 0 Å². The van der Waals surface area contributed by atoms with Gasteiger partial charge in [-0.05, 0) is 68.0 Å². The van der Waals surface area contributed by atoms with Gasteiger partial charge < -0.3 is 18.9 Å². The molecule has 8 nitrogen and oxygen atoms in total. The Morgan fingerprint density at radius 3 is 1.23 bits per heavy atom. The lowest BCUT2D eigenvalue weighted by atomic mass is 9.76. The van der Waals surface area contributed by atoms with E-state index in [4.69, 9.17) is 18.9 Å². The molecule has 1 rings (SSSR count). The van der Waals surface area contributed by atoms with Crippen LogP contribution >= 0.6 is 22.6 Å². The molecule has 0 atom stereocenters. The van der Waals surface area contributed by atoms with Crippen LogP contribution in [0.5, 0.6) is 0 Å². The third-order valence-corrected chi connectivity index (χ3v) is 4.85. The Bertz CT molecular complexity index is 655. The van der Waals surface area contributed by atoms with E-state index in [-0.39, 0.29) is 26.4 Å². The van der Waals surface area contributed by atoms with Gasteiger partial charge in [-0.15, -0.1) is 0 Å². The topological polar surface area (TPSA) is 105 Å². The standard InChI is InChI=1S/C21H27IO8/c1-5-27-18(23)16(19(24)28-6-2)15(13-9-11-14(22)12-10-13)17(20(25)29-7-3)21(26)30-8-4/h9-12,15-17H,5-8H2,1-4H3. The summed E-state index contributed by atoms with van der Waals surface area (Å²) >= 11 is 2.10. The van der Waals surface area contributed by atoms with Gasteiger partial charge >= 0.3 is 23.9 Å². The molecule has 0 fully saturated rings. The molecular formula is C21H27IO8. The summed E-state index contributed by atoms with van der Waals surface area (Å²) in [6, 6.07) is 6.76. The predicted molar refractivity (Wildman–Crippen MR) is 115 cm³/mol. The van der Waals surface area contributed by atoms with Gasteiger partial charge in [0.05, 0.1) is 26.4 Å². The van der Waals surface area contributed by atoms with Crippen molar-refractivity contribution in [3.63, 3.8) is 0 Å². The molecule has 0 saturated heterocycles. The van der Waals surface area contributed by atoms with Crippen LogP contribution in [0.4, 0.5) is 0 Å². The van der Waals surface area contributed by atoms with Crippen LogP contribution in [0, 0.1) is 15.4 Å². The quantitative estimate of drug-likeness (QED) is 0.185. The first kappa shape index (κ1) is 25.9. The molecular weight excluding hydrogens is 507 g/mol. The van der Waals surface area contributed by atoms with Gasteiger partial charge in [-0.1, -0.05) is 12.1 Å². The molecule has 9 heteroatoms. The van der Waals surface area contributed by atoms with E-state index in [9.17, 15) is 19.2 Å². The second kappa shape index (κ2) is 13.2. The van der Waals surface area contributed by atoms with Crippen LogP contribution < -0.4 is 0 Å². The Hall–Kier alpha value is -2.17. The summed E-state index contributed by atoms with van der Waals surface area (Å²) < 4.78 is 21.2. The number of hydrogen-bond acceptors (Lipinski definition) is 8. The van der Waals surface area contributed by atoms with Crippen molar-refractivity contribution in [2.75, 3.05) is 26.4 Å². The monoisotopic (exact) mass is 534 g/mol. The Balaban J connectivity index is 3.68. The molecule has 0 amide bonds. The van der Waals surface area contributed by atoms with E-state index < -0.39 is 41.6 Å². The summed E-state index contributed by atoms with van der Waals surface area (Å²) in [5.41, 5.74) is 0.410. The summed E-state index contributed by atoms with van der Waals surface area (Å²) in [6.45, 7) is 6.41. The van der Waals surface area contributed by atoms with E-state index in [2.05, 4.69) is 22.6 Å². The van der Waals surface area contributed by atoms with Crippen LogP contribution in [-0.4, -0.2) is 50.3 Å². The van der Waals surface area contributed by atoms with Crippen molar-refractivity contribution >= 4 is 46.5 Å². The van der Waals surface area contributed by atoms with Gasteiger partial charge in [-0.3, -0.25) is 19.2 Å². The summed E-state index contributed by atoms with van der Waals surface area (Å²) in [7, 11) is 0. The fourth-order valence-electron chi connectivity index (χ4n) is 2.97. The highest BCUT2D eigenvalue weighted by molar-refractivity contribution is 14.1. The van der Waals surface area contributed by atoms with Crippen molar-refractivity contribution in [2.45, 2.75) is 33.6 Å². The molecule has 0 aromatic heterocycles. The average Bonchev–Trinajstić information content (AvgIpc) is 2.69. The van der Waals surface area contributed by atoms with Crippen molar-refractivity contribution in [2.24, 2.45) is 11.8 Å². The number of esters is 4.